The van der Waals surface area contributed by atoms with Crippen LogP contribution in [0.25, 0.3) is 0 Å². The Morgan fingerprint density at radius 1 is 1.47 bits per heavy atom. The van der Waals surface area contributed by atoms with Crippen LogP contribution in [0.2, 0.25) is 0 Å². The number of carbonyl (C=O) groups is 1. The molecule has 0 aliphatic carbocycles. The lowest BCUT2D eigenvalue weighted by Crippen LogP contribution is -2.25. The molecule has 0 aromatic carbocycles. The molecule has 1 aromatic rings. The van der Waals surface area contributed by atoms with Gasteiger partial charge < -0.3 is 10.0 Å². The van der Waals surface area contributed by atoms with Gasteiger partial charge in [0.05, 0.1) is 5.92 Å². The van der Waals surface area contributed by atoms with Crippen molar-refractivity contribution in [1.29, 1.82) is 0 Å². The normalized spacial score (nSPS) is 23.6. The van der Waals surface area contributed by atoms with Crippen LogP contribution in [0, 0.1) is 11.8 Å². The fourth-order valence-corrected chi connectivity index (χ4v) is 3.21. The van der Waals surface area contributed by atoms with Gasteiger partial charge in [-0.25, -0.2) is 13.4 Å². The summed E-state index contributed by atoms with van der Waals surface area (Å²) in [7, 11) is -3.38. The third-order valence-electron chi connectivity index (χ3n) is 3.38. The van der Waals surface area contributed by atoms with E-state index >= 15 is 0 Å². The molecule has 2 heterocycles. The third-order valence-corrected chi connectivity index (χ3v) is 4.50. The minimum atomic E-state index is -3.38. The van der Waals surface area contributed by atoms with Crippen molar-refractivity contribution >= 4 is 21.6 Å². The topological polar surface area (TPSA) is 87.6 Å². The molecule has 0 saturated carbocycles. The van der Waals surface area contributed by atoms with Crippen LogP contribution in [-0.2, 0) is 14.6 Å². The highest BCUT2D eigenvalue weighted by Crippen LogP contribution is 2.30. The van der Waals surface area contributed by atoms with E-state index in [0.717, 1.165) is 6.26 Å². The van der Waals surface area contributed by atoms with Crippen molar-refractivity contribution in [3.05, 3.63) is 18.3 Å². The fourth-order valence-electron chi connectivity index (χ4n) is 2.37. The van der Waals surface area contributed by atoms with Gasteiger partial charge in [-0.3, -0.25) is 4.79 Å². The van der Waals surface area contributed by atoms with Gasteiger partial charge in [0.2, 0.25) is 0 Å². The maximum Gasteiger partial charge on any atom is 0.308 e. The first kappa shape index (κ1) is 13.8. The minimum Gasteiger partial charge on any atom is -0.481 e. The summed E-state index contributed by atoms with van der Waals surface area (Å²) in [4.78, 5) is 17.1. The summed E-state index contributed by atoms with van der Waals surface area (Å²) in [5.74, 6) is -1.03. The molecule has 0 unspecified atom stereocenters. The Hall–Kier alpha value is -1.63. The summed E-state index contributed by atoms with van der Waals surface area (Å²) in [6.07, 6.45) is 2.64. The molecule has 1 N–H and O–H groups in total. The molecule has 0 amide bonds. The van der Waals surface area contributed by atoms with Gasteiger partial charge in [0.25, 0.3) is 0 Å². The number of carboxylic acid groups (broad SMARTS) is 1. The summed E-state index contributed by atoms with van der Waals surface area (Å²) in [6.45, 7) is 2.63. The van der Waals surface area contributed by atoms with Gasteiger partial charge in [0.15, 0.2) is 9.84 Å². The molecule has 7 heteroatoms. The minimum absolute atomic E-state index is 0.0353. The number of carboxylic acids is 1. The van der Waals surface area contributed by atoms with Gasteiger partial charge >= 0.3 is 5.97 Å². The highest BCUT2D eigenvalue weighted by Gasteiger charge is 2.36. The van der Waals surface area contributed by atoms with E-state index in [4.69, 9.17) is 5.11 Å². The maximum atomic E-state index is 11.7. The van der Waals surface area contributed by atoms with Crippen LogP contribution in [-0.4, -0.2) is 43.8 Å². The Morgan fingerprint density at radius 3 is 2.68 bits per heavy atom. The van der Waals surface area contributed by atoms with Gasteiger partial charge in [-0.15, -0.1) is 0 Å². The van der Waals surface area contributed by atoms with Crippen molar-refractivity contribution in [2.45, 2.75) is 11.8 Å². The Kier molecular flexibility index (Phi) is 3.49. The summed E-state index contributed by atoms with van der Waals surface area (Å²) in [6, 6.07) is 3.06. The quantitative estimate of drug-likeness (QED) is 0.876. The van der Waals surface area contributed by atoms with Crippen molar-refractivity contribution in [2.24, 2.45) is 11.8 Å². The number of nitrogens with zero attached hydrogens (tertiary/aromatic N) is 2. The molecular formula is C12H16N2O4S. The number of aliphatic carboxylic acids is 1. The average molecular weight is 284 g/mol. The second-order valence-corrected chi connectivity index (χ2v) is 6.91. The van der Waals surface area contributed by atoms with Crippen LogP contribution in [0.5, 0.6) is 0 Å². The van der Waals surface area contributed by atoms with Crippen molar-refractivity contribution < 1.29 is 18.3 Å². The Morgan fingerprint density at radius 2 is 2.16 bits per heavy atom. The molecule has 2 atom stereocenters. The van der Waals surface area contributed by atoms with Crippen LogP contribution in [0.3, 0.4) is 0 Å². The molecule has 1 fully saturated rings. The zero-order chi connectivity index (χ0) is 14.2. The molecule has 1 aromatic heterocycles. The van der Waals surface area contributed by atoms with E-state index in [2.05, 4.69) is 4.98 Å². The lowest BCUT2D eigenvalue weighted by atomic mass is 9.99. The standard InChI is InChI=1S/C12H16N2O4S/c1-8-6-14(7-9(8)12(15)16)11-10(19(2,17)18)4-3-5-13-11/h3-5,8-9H,6-7H2,1-2H3,(H,15,16)/t8-,9-/m1/s1. The first-order valence-electron chi connectivity index (χ1n) is 5.93. The second kappa shape index (κ2) is 4.80. The highest BCUT2D eigenvalue weighted by molar-refractivity contribution is 7.90. The van der Waals surface area contributed by atoms with E-state index in [-0.39, 0.29) is 17.4 Å². The van der Waals surface area contributed by atoms with Gasteiger partial charge in [-0.2, -0.15) is 0 Å². The van der Waals surface area contributed by atoms with Gasteiger partial charge in [0.1, 0.15) is 10.7 Å². The molecule has 6 nitrogen and oxygen atoms in total. The molecule has 1 saturated heterocycles. The van der Waals surface area contributed by atoms with E-state index in [1.54, 1.807) is 11.0 Å². The smallest absolute Gasteiger partial charge is 0.308 e. The van der Waals surface area contributed by atoms with Crippen molar-refractivity contribution in [1.82, 2.24) is 4.98 Å². The van der Waals surface area contributed by atoms with Crippen LogP contribution in [0.1, 0.15) is 6.92 Å². The average Bonchev–Trinajstić information content (AvgIpc) is 2.70. The molecule has 0 radical (unpaired) electrons. The zero-order valence-electron chi connectivity index (χ0n) is 10.8. The first-order chi connectivity index (χ1) is 8.80. The predicted octanol–water partition coefficient (Wildman–Crippen LogP) is 0.642. The Balaban J connectivity index is 2.37. The summed E-state index contributed by atoms with van der Waals surface area (Å²) in [5.41, 5.74) is 0. The number of anilines is 1. The lowest BCUT2D eigenvalue weighted by Gasteiger charge is -2.19. The van der Waals surface area contributed by atoms with Crippen molar-refractivity contribution in [3.63, 3.8) is 0 Å². The predicted molar refractivity (Wildman–Crippen MR) is 69.8 cm³/mol. The lowest BCUT2D eigenvalue weighted by molar-refractivity contribution is -0.142. The van der Waals surface area contributed by atoms with Crippen molar-refractivity contribution in [2.75, 3.05) is 24.2 Å². The molecule has 19 heavy (non-hydrogen) atoms. The summed E-state index contributed by atoms with van der Waals surface area (Å²) in [5, 5.41) is 9.11. The number of aromatic nitrogens is 1. The zero-order valence-corrected chi connectivity index (χ0v) is 11.6. The van der Waals surface area contributed by atoms with E-state index in [1.165, 1.54) is 12.3 Å². The molecule has 1 aliphatic rings. The molecule has 1 aliphatic heterocycles. The van der Waals surface area contributed by atoms with E-state index in [1.807, 2.05) is 6.92 Å². The molecule has 104 valence electrons. The summed E-state index contributed by atoms with van der Waals surface area (Å²) < 4.78 is 23.4. The van der Waals surface area contributed by atoms with Gasteiger partial charge in [-0.05, 0) is 18.1 Å². The SMILES string of the molecule is C[C@@H]1CN(c2ncccc2S(C)(=O)=O)C[C@H]1C(=O)O. The Labute approximate surface area is 112 Å². The van der Waals surface area contributed by atoms with Gasteiger partial charge in [0, 0.05) is 25.5 Å². The number of pyridine rings is 1. The van der Waals surface area contributed by atoms with Crippen LogP contribution >= 0.6 is 0 Å². The van der Waals surface area contributed by atoms with Crippen LogP contribution in [0.4, 0.5) is 5.82 Å². The monoisotopic (exact) mass is 284 g/mol. The first-order valence-corrected chi connectivity index (χ1v) is 7.82. The van der Waals surface area contributed by atoms with Crippen LogP contribution in [0.15, 0.2) is 23.2 Å². The van der Waals surface area contributed by atoms with Crippen LogP contribution < -0.4 is 4.90 Å². The maximum absolute atomic E-state index is 11.7. The molecule has 0 spiro atoms. The highest BCUT2D eigenvalue weighted by atomic mass is 32.2. The van der Waals surface area contributed by atoms with E-state index in [9.17, 15) is 13.2 Å². The van der Waals surface area contributed by atoms with Gasteiger partial charge in [-0.1, -0.05) is 6.92 Å². The van der Waals surface area contributed by atoms with E-state index < -0.39 is 21.7 Å². The number of hydrogen-bond donors (Lipinski definition) is 1. The second-order valence-electron chi connectivity index (χ2n) is 4.92. The van der Waals surface area contributed by atoms with E-state index in [0.29, 0.717) is 12.4 Å². The van der Waals surface area contributed by atoms with Crippen molar-refractivity contribution in [3.8, 4) is 0 Å². The molecular weight excluding hydrogens is 268 g/mol. The largest absolute Gasteiger partial charge is 0.481 e. The molecule has 2 rings (SSSR count). The molecule has 0 bridgehead atoms. The summed E-state index contributed by atoms with van der Waals surface area (Å²) >= 11 is 0. The third kappa shape index (κ3) is 2.70. The Bertz CT molecular complexity index is 600. The number of rotatable bonds is 3. The fraction of sp³-hybridized carbons (Fsp3) is 0.500. The number of hydrogen-bond acceptors (Lipinski definition) is 5. The number of sulfone groups is 1.